The van der Waals surface area contributed by atoms with E-state index >= 15 is 0 Å². The maximum absolute atomic E-state index is 8.88. The van der Waals surface area contributed by atoms with Crippen LogP contribution in [0.1, 0.15) is 27.2 Å². The minimum atomic E-state index is -0.360. The second-order valence-electron chi connectivity index (χ2n) is 3.16. The molecule has 0 aromatic heterocycles. The van der Waals surface area contributed by atoms with Crippen LogP contribution >= 0.6 is 11.8 Å². The third kappa shape index (κ3) is 3.99. The lowest BCUT2D eigenvalue weighted by Crippen LogP contribution is -2.40. The molecule has 0 aliphatic heterocycles. The van der Waals surface area contributed by atoms with E-state index in [1.165, 1.54) is 0 Å². The van der Waals surface area contributed by atoms with Gasteiger partial charge in [-0.2, -0.15) is 17.0 Å². The Balaban J connectivity index is 3.95. The van der Waals surface area contributed by atoms with E-state index < -0.39 is 0 Å². The summed E-state index contributed by atoms with van der Waals surface area (Å²) in [7, 11) is 1.84. The third-order valence-electron chi connectivity index (χ3n) is 1.95. The molecule has 0 rings (SSSR count). The van der Waals surface area contributed by atoms with E-state index in [4.69, 9.17) is 5.26 Å². The van der Waals surface area contributed by atoms with Crippen LogP contribution in [0, 0.1) is 11.3 Å². The van der Waals surface area contributed by atoms with Gasteiger partial charge in [-0.1, -0.05) is 13.8 Å². The first-order chi connectivity index (χ1) is 5.58. The van der Waals surface area contributed by atoms with Gasteiger partial charge in [-0.15, -0.1) is 0 Å². The molecule has 70 valence electrons. The summed E-state index contributed by atoms with van der Waals surface area (Å²) in [5, 5.41) is 12.5. The molecule has 3 heteroatoms. The van der Waals surface area contributed by atoms with Crippen LogP contribution in [0.2, 0.25) is 0 Å². The summed E-state index contributed by atoms with van der Waals surface area (Å²) in [5.41, 5.74) is -0.360. The second-order valence-corrected chi connectivity index (χ2v) is 4.88. The van der Waals surface area contributed by atoms with E-state index in [1.54, 1.807) is 0 Å². The van der Waals surface area contributed by atoms with Crippen molar-refractivity contribution < 1.29 is 0 Å². The molecule has 0 fully saturated rings. The lowest BCUT2D eigenvalue weighted by Gasteiger charge is -2.23. The third-order valence-corrected chi connectivity index (χ3v) is 3.01. The standard InChI is InChI=1S/C9H18N2S/c1-5-12-8(2)6-9(3,7-10)11-4/h8,11H,5-6H2,1-4H3. The molecule has 0 aromatic rings. The molecule has 0 aliphatic rings. The van der Waals surface area contributed by atoms with E-state index in [-0.39, 0.29) is 5.54 Å². The fourth-order valence-electron chi connectivity index (χ4n) is 1.12. The van der Waals surface area contributed by atoms with E-state index in [1.807, 2.05) is 25.7 Å². The van der Waals surface area contributed by atoms with Gasteiger partial charge in [-0.05, 0) is 26.1 Å². The van der Waals surface area contributed by atoms with Crippen LogP contribution in [0.5, 0.6) is 0 Å². The van der Waals surface area contributed by atoms with Crippen LogP contribution in [0.25, 0.3) is 0 Å². The molecule has 0 saturated carbocycles. The van der Waals surface area contributed by atoms with Gasteiger partial charge in [0, 0.05) is 5.25 Å². The zero-order chi connectivity index (χ0) is 9.61. The summed E-state index contributed by atoms with van der Waals surface area (Å²) in [5.74, 6) is 1.12. The van der Waals surface area contributed by atoms with Crippen LogP contribution in [-0.4, -0.2) is 23.6 Å². The average Bonchev–Trinajstić information content (AvgIpc) is 2.05. The number of rotatable bonds is 5. The number of nitrogens with one attached hydrogen (secondary N) is 1. The van der Waals surface area contributed by atoms with Crippen molar-refractivity contribution in [3.05, 3.63) is 0 Å². The number of nitriles is 1. The summed E-state index contributed by atoms with van der Waals surface area (Å²) in [6.07, 6.45) is 0.901. The highest BCUT2D eigenvalue weighted by Gasteiger charge is 2.23. The van der Waals surface area contributed by atoms with Gasteiger partial charge in [-0.3, -0.25) is 0 Å². The first kappa shape index (κ1) is 11.8. The van der Waals surface area contributed by atoms with Crippen molar-refractivity contribution in [2.75, 3.05) is 12.8 Å². The summed E-state index contributed by atoms with van der Waals surface area (Å²) < 4.78 is 0. The fourth-order valence-corrected chi connectivity index (χ4v) is 2.14. The Bertz CT molecular complexity index is 164. The van der Waals surface area contributed by atoms with Crippen molar-refractivity contribution in [1.82, 2.24) is 5.32 Å². The number of hydrogen-bond acceptors (Lipinski definition) is 3. The Labute approximate surface area is 79.7 Å². The minimum Gasteiger partial charge on any atom is -0.303 e. The summed E-state index contributed by atoms with van der Waals surface area (Å²) in [6.45, 7) is 6.26. The van der Waals surface area contributed by atoms with Gasteiger partial charge in [0.15, 0.2) is 0 Å². The Morgan fingerprint density at radius 2 is 2.25 bits per heavy atom. The summed E-state index contributed by atoms with van der Waals surface area (Å²) in [4.78, 5) is 0. The van der Waals surface area contributed by atoms with Gasteiger partial charge in [0.05, 0.1) is 6.07 Å². The Morgan fingerprint density at radius 1 is 1.67 bits per heavy atom. The van der Waals surface area contributed by atoms with E-state index in [0.29, 0.717) is 5.25 Å². The molecule has 2 unspecified atom stereocenters. The van der Waals surface area contributed by atoms with Crippen molar-refractivity contribution in [3.8, 4) is 6.07 Å². The second kappa shape index (κ2) is 5.45. The monoisotopic (exact) mass is 186 g/mol. The Morgan fingerprint density at radius 3 is 2.58 bits per heavy atom. The normalized spacial score (nSPS) is 17.9. The SMILES string of the molecule is CCSC(C)CC(C)(C#N)NC. The van der Waals surface area contributed by atoms with Crippen LogP contribution in [-0.2, 0) is 0 Å². The Hall–Kier alpha value is -0.200. The van der Waals surface area contributed by atoms with E-state index in [2.05, 4.69) is 25.2 Å². The van der Waals surface area contributed by atoms with Crippen LogP contribution in [0.3, 0.4) is 0 Å². The lowest BCUT2D eigenvalue weighted by atomic mass is 9.98. The number of nitrogens with zero attached hydrogens (tertiary/aromatic N) is 1. The van der Waals surface area contributed by atoms with Crippen LogP contribution < -0.4 is 5.32 Å². The number of thioether (sulfide) groups is 1. The highest BCUT2D eigenvalue weighted by molar-refractivity contribution is 7.99. The maximum atomic E-state index is 8.88. The number of hydrogen-bond donors (Lipinski definition) is 1. The molecular weight excluding hydrogens is 168 g/mol. The van der Waals surface area contributed by atoms with Crippen molar-refractivity contribution >= 4 is 11.8 Å². The van der Waals surface area contributed by atoms with E-state index in [9.17, 15) is 0 Å². The zero-order valence-corrected chi connectivity index (χ0v) is 9.16. The lowest BCUT2D eigenvalue weighted by molar-refractivity contribution is 0.455. The molecule has 0 radical (unpaired) electrons. The highest BCUT2D eigenvalue weighted by Crippen LogP contribution is 2.20. The predicted molar refractivity (Wildman–Crippen MR) is 55.3 cm³/mol. The molecular formula is C9H18N2S. The molecule has 0 saturated heterocycles. The average molecular weight is 186 g/mol. The summed E-state index contributed by atoms with van der Waals surface area (Å²) >= 11 is 1.90. The smallest absolute Gasteiger partial charge is 0.104 e. The molecule has 0 spiro atoms. The van der Waals surface area contributed by atoms with E-state index in [0.717, 1.165) is 12.2 Å². The fraction of sp³-hybridized carbons (Fsp3) is 0.889. The van der Waals surface area contributed by atoms with Gasteiger partial charge in [-0.25, -0.2) is 0 Å². The molecule has 0 bridgehead atoms. The van der Waals surface area contributed by atoms with Gasteiger partial charge in [0.25, 0.3) is 0 Å². The van der Waals surface area contributed by atoms with Crippen molar-refractivity contribution in [2.45, 2.75) is 38.0 Å². The first-order valence-electron chi connectivity index (χ1n) is 4.29. The van der Waals surface area contributed by atoms with Crippen LogP contribution in [0.4, 0.5) is 0 Å². The Kier molecular flexibility index (Phi) is 5.36. The predicted octanol–water partition coefficient (Wildman–Crippen LogP) is 2.02. The molecule has 2 nitrogen and oxygen atoms in total. The molecule has 12 heavy (non-hydrogen) atoms. The maximum Gasteiger partial charge on any atom is 0.104 e. The molecule has 2 atom stereocenters. The van der Waals surface area contributed by atoms with Crippen molar-refractivity contribution in [2.24, 2.45) is 0 Å². The highest BCUT2D eigenvalue weighted by atomic mass is 32.2. The first-order valence-corrected chi connectivity index (χ1v) is 5.34. The molecule has 0 aliphatic carbocycles. The van der Waals surface area contributed by atoms with Crippen molar-refractivity contribution in [3.63, 3.8) is 0 Å². The summed E-state index contributed by atoms with van der Waals surface area (Å²) in [6, 6.07) is 2.29. The topological polar surface area (TPSA) is 35.8 Å². The molecule has 1 N–H and O–H groups in total. The molecule has 0 heterocycles. The zero-order valence-electron chi connectivity index (χ0n) is 8.35. The molecule has 0 amide bonds. The van der Waals surface area contributed by atoms with Crippen LogP contribution in [0.15, 0.2) is 0 Å². The quantitative estimate of drug-likeness (QED) is 0.713. The molecule has 0 aromatic carbocycles. The van der Waals surface area contributed by atoms with Gasteiger partial charge in [0.2, 0.25) is 0 Å². The van der Waals surface area contributed by atoms with Gasteiger partial charge >= 0.3 is 0 Å². The largest absolute Gasteiger partial charge is 0.303 e. The minimum absolute atomic E-state index is 0.360. The van der Waals surface area contributed by atoms with Gasteiger partial charge in [0.1, 0.15) is 5.54 Å². The van der Waals surface area contributed by atoms with Crippen molar-refractivity contribution in [1.29, 1.82) is 5.26 Å². The van der Waals surface area contributed by atoms with Gasteiger partial charge < -0.3 is 5.32 Å².